The van der Waals surface area contributed by atoms with Crippen LogP contribution in [0.25, 0.3) is 21.8 Å². The maximum absolute atomic E-state index is 13.2. The van der Waals surface area contributed by atoms with Crippen molar-refractivity contribution in [3.63, 3.8) is 0 Å². The number of allylic oxidation sites excluding steroid dienone is 1. The Morgan fingerprint density at radius 3 is 2.21 bits per heavy atom. The summed E-state index contributed by atoms with van der Waals surface area (Å²) in [5, 5.41) is 1.91. The van der Waals surface area contributed by atoms with Gasteiger partial charge in [0.25, 0.3) is 0 Å². The lowest BCUT2D eigenvalue weighted by Crippen LogP contribution is -2.33. The summed E-state index contributed by atoms with van der Waals surface area (Å²) in [7, 11) is 0. The smallest absolute Gasteiger partial charge is 0.193 e. The van der Waals surface area contributed by atoms with E-state index in [9.17, 15) is 9.59 Å². The number of hydrogen-bond acceptors (Lipinski definition) is 4. The second-order valence-electron chi connectivity index (χ2n) is 8.36. The number of nitrogens with zero attached hydrogens (tertiary/aromatic N) is 1. The standard InChI is InChI=1S/C28H28N2O3/c1-6-30-25-13-11-20(27(31)19(5)29-33-17(2)3)15-23(25)24-16-21(12-14-26(24)30)28(32)22-10-8-7-9-18(22)4/h7-16,19,29H,2,6H2,1,3-5H3. The van der Waals surface area contributed by atoms with Crippen LogP contribution in [0.15, 0.2) is 73.0 Å². The predicted molar refractivity (Wildman–Crippen MR) is 133 cm³/mol. The molecule has 1 unspecified atom stereocenters. The van der Waals surface area contributed by atoms with Gasteiger partial charge in [-0.05, 0) is 69.7 Å². The molecule has 0 aliphatic heterocycles. The van der Waals surface area contributed by atoms with Crippen LogP contribution in [0.5, 0.6) is 0 Å². The SMILES string of the molecule is C=C(C)ONC(C)C(=O)c1ccc2c(c1)c1cc(C(=O)c3ccccc3C)ccc1n2CC. The van der Waals surface area contributed by atoms with E-state index in [0.717, 1.165) is 33.9 Å². The molecule has 4 aromatic rings. The third-order valence-electron chi connectivity index (χ3n) is 5.92. The lowest BCUT2D eigenvalue weighted by molar-refractivity contribution is 0.0632. The number of benzene rings is 3. The summed E-state index contributed by atoms with van der Waals surface area (Å²) in [6, 6.07) is 18.6. The van der Waals surface area contributed by atoms with Crippen molar-refractivity contribution in [3.8, 4) is 0 Å². The van der Waals surface area contributed by atoms with Crippen molar-refractivity contribution in [1.82, 2.24) is 10.0 Å². The molecule has 0 radical (unpaired) electrons. The normalized spacial score (nSPS) is 12.1. The molecule has 5 heteroatoms. The lowest BCUT2D eigenvalue weighted by Gasteiger charge is -2.13. The molecule has 1 aromatic heterocycles. The molecule has 0 aliphatic rings. The van der Waals surface area contributed by atoms with Crippen LogP contribution < -0.4 is 5.48 Å². The number of fused-ring (bicyclic) bond motifs is 3. The number of rotatable bonds is 8. The van der Waals surface area contributed by atoms with Gasteiger partial charge in [0, 0.05) is 45.0 Å². The molecule has 4 rings (SSSR count). The minimum Gasteiger partial charge on any atom is -0.413 e. The molecule has 0 aliphatic carbocycles. The first kappa shape index (κ1) is 22.5. The van der Waals surface area contributed by atoms with Crippen LogP contribution in [-0.4, -0.2) is 22.2 Å². The van der Waals surface area contributed by atoms with Gasteiger partial charge in [-0.3, -0.25) is 9.59 Å². The van der Waals surface area contributed by atoms with Gasteiger partial charge in [-0.15, -0.1) is 5.48 Å². The summed E-state index contributed by atoms with van der Waals surface area (Å²) in [5.41, 5.74) is 7.66. The van der Waals surface area contributed by atoms with Crippen LogP contribution in [0.2, 0.25) is 0 Å². The zero-order valence-electron chi connectivity index (χ0n) is 19.4. The van der Waals surface area contributed by atoms with Crippen LogP contribution >= 0.6 is 0 Å². The van der Waals surface area contributed by atoms with E-state index in [1.807, 2.05) is 67.6 Å². The largest absolute Gasteiger partial charge is 0.413 e. The zero-order valence-corrected chi connectivity index (χ0v) is 19.4. The van der Waals surface area contributed by atoms with Crippen LogP contribution in [0.1, 0.15) is 52.6 Å². The van der Waals surface area contributed by atoms with Crippen molar-refractivity contribution in [1.29, 1.82) is 0 Å². The first-order valence-corrected chi connectivity index (χ1v) is 11.1. The van der Waals surface area contributed by atoms with Gasteiger partial charge in [-0.25, -0.2) is 0 Å². The van der Waals surface area contributed by atoms with Gasteiger partial charge in [0.05, 0.1) is 0 Å². The Bertz CT molecular complexity index is 1400. The highest BCUT2D eigenvalue weighted by Crippen LogP contribution is 2.31. The van der Waals surface area contributed by atoms with Gasteiger partial charge in [0.15, 0.2) is 11.6 Å². The number of Topliss-reactive ketones (excluding diaryl/α,β-unsaturated/α-hetero) is 1. The Kier molecular flexibility index (Phi) is 6.16. The quantitative estimate of drug-likeness (QED) is 0.208. The molecule has 0 saturated heterocycles. The lowest BCUT2D eigenvalue weighted by atomic mass is 9.97. The third-order valence-corrected chi connectivity index (χ3v) is 5.92. The molecule has 1 N–H and O–H groups in total. The molecule has 0 saturated carbocycles. The second kappa shape index (κ2) is 9.04. The average molecular weight is 441 g/mol. The van der Waals surface area contributed by atoms with Crippen molar-refractivity contribution in [3.05, 3.63) is 95.3 Å². The first-order chi connectivity index (χ1) is 15.8. The average Bonchev–Trinajstić information content (AvgIpc) is 3.14. The Balaban J connectivity index is 1.81. The molecule has 5 nitrogen and oxygen atoms in total. The Morgan fingerprint density at radius 2 is 1.61 bits per heavy atom. The maximum Gasteiger partial charge on any atom is 0.193 e. The summed E-state index contributed by atoms with van der Waals surface area (Å²) in [6.45, 7) is 12.0. The maximum atomic E-state index is 13.2. The van der Waals surface area contributed by atoms with Crippen molar-refractivity contribution < 1.29 is 14.4 Å². The molecule has 1 heterocycles. The van der Waals surface area contributed by atoms with Crippen molar-refractivity contribution in [2.45, 2.75) is 40.3 Å². The fourth-order valence-electron chi connectivity index (χ4n) is 4.21. The van der Waals surface area contributed by atoms with Crippen LogP contribution in [0.3, 0.4) is 0 Å². The topological polar surface area (TPSA) is 60.3 Å². The predicted octanol–water partition coefficient (Wildman–Crippen LogP) is 5.98. The van der Waals surface area contributed by atoms with Crippen molar-refractivity contribution >= 4 is 33.4 Å². The molecule has 3 aromatic carbocycles. The second-order valence-corrected chi connectivity index (χ2v) is 8.36. The summed E-state index contributed by atoms with van der Waals surface area (Å²) in [6.07, 6.45) is 0. The third kappa shape index (κ3) is 4.20. The highest BCUT2D eigenvalue weighted by atomic mass is 16.6. The highest BCUT2D eigenvalue weighted by molar-refractivity contribution is 6.16. The number of aryl methyl sites for hydroxylation is 2. The fourth-order valence-corrected chi connectivity index (χ4v) is 4.21. The van der Waals surface area contributed by atoms with Gasteiger partial charge < -0.3 is 9.40 Å². The van der Waals surface area contributed by atoms with Gasteiger partial charge >= 0.3 is 0 Å². The van der Waals surface area contributed by atoms with E-state index in [1.54, 1.807) is 13.8 Å². The Labute approximate surface area is 193 Å². The summed E-state index contributed by atoms with van der Waals surface area (Å²) in [4.78, 5) is 31.4. The number of ketones is 2. The molecule has 0 fully saturated rings. The van der Waals surface area contributed by atoms with Gasteiger partial charge in [-0.2, -0.15) is 0 Å². The molecular weight excluding hydrogens is 412 g/mol. The number of hydrogen-bond donors (Lipinski definition) is 1. The monoisotopic (exact) mass is 440 g/mol. The van der Waals surface area contributed by atoms with Crippen molar-refractivity contribution in [2.24, 2.45) is 0 Å². The number of hydroxylamine groups is 1. The van der Waals surface area contributed by atoms with E-state index in [4.69, 9.17) is 4.84 Å². The van der Waals surface area contributed by atoms with Gasteiger partial charge in [0.2, 0.25) is 0 Å². The van der Waals surface area contributed by atoms with Crippen LogP contribution in [0, 0.1) is 6.92 Å². The summed E-state index contributed by atoms with van der Waals surface area (Å²) >= 11 is 0. The number of nitrogens with one attached hydrogen (secondary N) is 1. The number of aromatic nitrogens is 1. The molecule has 33 heavy (non-hydrogen) atoms. The van der Waals surface area contributed by atoms with E-state index in [0.29, 0.717) is 22.4 Å². The van der Waals surface area contributed by atoms with Crippen LogP contribution in [-0.2, 0) is 11.4 Å². The zero-order chi connectivity index (χ0) is 23.7. The van der Waals surface area contributed by atoms with Crippen molar-refractivity contribution in [2.75, 3.05) is 0 Å². The van der Waals surface area contributed by atoms with Crippen LogP contribution in [0.4, 0.5) is 0 Å². The molecular formula is C28H28N2O3. The molecule has 0 spiro atoms. The summed E-state index contributed by atoms with van der Waals surface area (Å²) in [5.74, 6) is 0.402. The highest BCUT2D eigenvalue weighted by Gasteiger charge is 2.19. The van der Waals surface area contributed by atoms with E-state index in [2.05, 4.69) is 23.5 Å². The Morgan fingerprint density at radius 1 is 1.00 bits per heavy atom. The number of carbonyl (C=O) groups is 2. The summed E-state index contributed by atoms with van der Waals surface area (Å²) < 4.78 is 2.20. The van der Waals surface area contributed by atoms with E-state index < -0.39 is 6.04 Å². The minimum atomic E-state index is -0.531. The fraction of sp³-hybridized carbons (Fsp3) is 0.214. The minimum absolute atomic E-state index is 0.00519. The van der Waals surface area contributed by atoms with Gasteiger partial charge in [0.1, 0.15) is 11.8 Å². The van der Waals surface area contributed by atoms with E-state index in [1.165, 1.54) is 0 Å². The Hall–Kier alpha value is -3.70. The van der Waals surface area contributed by atoms with E-state index >= 15 is 0 Å². The molecule has 0 bridgehead atoms. The van der Waals surface area contributed by atoms with Gasteiger partial charge in [-0.1, -0.05) is 30.8 Å². The molecule has 168 valence electrons. The molecule has 0 amide bonds. The first-order valence-electron chi connectivity index (χ1n) is 11.1. The number of carbonyl (C=O) groups excluding carboxylic acids is 2. The van der Waals surface area contributed by atoms with E-state index in [-0.39, 0.29) is 11.6 Å². The molecule has 1 atom stereocenters.